The van der Waals surface area contributed by atoms with Crippen molar-refractivity contribution in [3.8, 4) is 0 Å². The number of hydrogen-bond donors (Lipinski definition) is 1. The van der Waals surface area contributed by atoms with Crippen molar-refractivity contribution in [2.24, 2.45) is 0 Å². The van der Waals surface area contributed by atoms with Gasteiger partial charge in [-0.3, -0.25) is 4.55 Å². The van der Waals surface area contributed by atoms with Gasteiger partial charge in [-0.05, 0) is 45.4 Å². The highest BCUT2D eigenvalue weighted by Gasteiger charge is 2.21. The average molecular weight is 272 g/mol. The number of rotatable bonds is 2. The van der Waals surface area contributed by atoms with Crippen molar-refractivity contribution in [2.45, 2.75) is 38.2 Å². The molecule has 1 aromatic rings. The van der Waals surface area contributed by atoms with E-state index < -0.39 is 21.7 Å². The first kappa shape index (κ1) is 14.7. The topological polar surface area (TPSA) is 80.7 Å². The van der Waals surface area contributed by atoms with Gasteiger partial charge in [-0.25, -0.2) is 4.79 Å². The van der Waals surface area contributed by atoms with Crippen molar-refractivity contribution in [3.63, 3.8) is 0 Å². The van der Waals surface area contributed by atoms with Crippen LogP contribution in [0.1, 0.15) is 36.7 Å². The van der Waals surface area contributed by atoms with Gasteiger partial charge in [-0.1, -0.05) is 6.07 Å². The molecule has 0 unspecified atom stereocenters. The van der Waals surface area contributed by atoms with Gasteiger partial charge >= 0.3 is 5.97 Å². The average Bonchev–Trinajstić information content (AvgIpc) is 2.13. The smallest absolute Gasteiger partial charge is 0.338 e. The van der Waals surface area contributed by atoms with Crippen LogP contribution in [0.3, 0.4) is 0 Å². The van der Waals surface area contributed by atoms with Gasteiger partial charge in [0.1, 0.15) is 5.60 Å². The van der Waals surface area contributed by atoms with Crippen molar-refractivity contribution in [1.29, 1.82) is 0 Å². The molecule has 0 aliphatic heterocycles. The number of hydrogen-bond acceptors (Lipinski definition) is 4. The lowest BCUT2D eigenvalue weighted by molar-refractivity contribution is 0.00685. The number of benzene rings is 1. The van der Waals surface area contributed by atoms with Gasteiger partial charge in [-0.2, -0.15) is 8.42 Å². The summed E-state index contributed by atoms with van der Waals surface area (Å²) < 4.78 is 36.1. The van der Waals surface area contributed by atoms with E-state index in [0.29, 0.717) is 5.56 Å². The van der Waals surface area contributed by atoms with Crippen LogP contribution in [0.25, 0.3) is 0 Å². The normalized spacial score (nSPS) is 12.3. The summed E-state index contributed by atoms with van der Waals surface area (Å²) in [6.45, 7) is 6.81. The second kappa shape index (κ2) is 4.70. The number of aryl methyl sites for hydroxylation is 1. The monoisotopic (exact) mass is 272 g/mol. The Morgan fingerprint density at radius 1 is 1.28 bits per heavy atom. The molecular formula is C12H16O5S. The number of carbonyl (C=O) groups excluding carboxylic acids is 1. The Balaban J connectivity index is 3.21. The van der Waals surface area contributed by atoms with Crippen LogP contribution in [0.2, 0.25) is 0 Å². The second-order valence-electron chi connectivity index (χ2n) is 4.95. The molecule has 5 nitrogen and oxygen atoms in total. The Morgan fingerprint density at radius 2 is 1.83 bits per heavy atom. The number of ether oxygens (including phenoxy) is 1. The highest BCUT2D eigenvalue weighted by atomic mass is 32.2. The molecule has 0 radical (unpaired) electrons. The van der Waals surface area contributed by atoms with Gasteiger partial charge < -0.3 is 4.74 Å². The molecule has 18 heavy (non-hydrogen) atoms. The maximum Gasteiger partial charge on any atom is 0.338 e. The lowest BCUT2D eigenvalue weighted by Gasteiger charge is -2.20. The molecule has 1 rings (SSSR count). The van der Waals surface area contributed by atoms with Crippen molar-refractivity contribution in [2.75, 3.05) is 0 Å². The van der Waals surface area contributed by atoms with Gasteiger partial charge in [0.05, 0.1) is 10.5 Å². The van der Waals surface area contributed by atoms with E-state index in [-0.39, 0.29) is 10.5 Å². The second-order valence-corrected chi connectivity index (χ2v) is 6.38. The molecule has 1 N–H and O–H groups in total. The van der Waals surface area contributed by atoms with Crippen LogP contribution in [0.15, 0.2) is 23.1 Å². The largest absolute Gasteiger partial charge is 0.456 e. The summed E-state index contributed by atoms with van der Waals surface area (Å²) in [5, 5.41) is 0. The SMILES string of the molecule is Cc1ccc(S(=O)(=O)O)cc1C(=O)OC(C)(C)C. The van der Waals surface area contributed by atoms with Gasteiger partial charge in [0, 0.05) is 0 Å². The fourth-order valence-electron chi connectivity index (χ4n) is 1.31. The molecule has 0 amide bonds. The van der Waals surface area contributed by atoms with E-state index in [2.05, 4.69) is 0 Å². The van der Waals surface area contributed by atoms with Crippen molar-refractivity contribution >= 4 is 16.1 Å². The molecule has 0 aliphatic carbocycles. The Kier molecular flexibility index (Phi) is 3.83. The molecular weight excluding hydrogens is 256 g/mol. The molecule has 6 heteroatoms. The van der Waals surface area contributed by atoms with E-state index in [1.165, 1.54) is 12.1 Å². The minimum atomic E-state index is -4.33. The predicted molar refractivity (Wildman–Crippen MR) is 66.2 cm³/mol. The van der Waals surface area contributed by atoms with E-state index in [0.717, 1.165) is 6.07 Å². The predicted octanol–water partition coefficient (Wildman–Crippen LogP) is 2.20. The third kappa shape index (κ3) is 3.82. The van der Waals surface area contributed by atoms with Gasteiger partial charge in [0.25, 0.3) is 10.1 Å². The summed E-state index contributed by atoms with van der Waals surface area (Å²) in [6.07, 6.45) is 0. The summed E-state index contributed by atoms with van der Waals surface area (Å²) in [6, 6.07) is 3.79. The summed E-state index contributed by atoms with van der Waals surface area (Å²) in [7, 11) is -4.33. The number of esters is 1. The Labute approximate surface area is 107 Å². The van der Waals surface area contributed by atoms with E-state index in [9.17, 15) is 13.2 Å². The van der Waals surface area contributed by atoms with Crippen LogP contribution in [-0.4, -0.2) is 24.5 Å². The standard InChI is InChI=1S/C12H16O5S/c1-8-5-6-9(18(14,15)16)7-10(8)11(13)17-12(2,3)4/h5-7H,1-4H3,(H,14,15,16). The van der Waals surface area contributed by atoms with E-state index >= 15 is 0 Å². The van der Waals surface area contributed by atoms with Gasteiger partial charge in [0.15, 0.2) is 0 Å². The van der Waals surface area contributed by atoms with Crippen LogP contribution in [0, 0.1) is 6.92 Å². The minimum Gasteiger partial charge on any atom is -0.456 e. The highest BCUT2D eigenvalue weighted by molar-refractivity contribution is 7.85. The third-order valence-corrected chi connectivity index (χ3v) is 2.98. The zero-order valence-electron chi connectivity index (χ0n) is 10.7. The summed E-state index contributed by atoms with van der Waals surface area (Å²) in [5.74, 6) is -0.620. The minimum absolute atomic E-state index is 0.125. The maximum atomic E-state index is 11.9. The Morgan fingerprint density at radius 3 is 2.28 bits per heavy atom. The molecule has 0 heterocycles. The molecule has 100 valence electrons. The molecule has 0 atom stereocenters. The maximum absolute atomic E-state index is 11.9. The first-order chi connectivity index (χ1) is 8.00. The van der Waals surface area contributed by atoms with Crippen molar-refractivity contribution in [1.82, 2.24) is 0 Å². The van der Waals surface area contributed by atoms with Crippen LogP contribution < -0.4 is 0 Å². The Bertz CT molecular complexity index is 567. The van der Waals surface area contributed by atoms with Crippen molar-refractivity contribution < 1.29 is 22.5 Å². The molecule has 0 aromatic heterocycles. The zero-order chi connectivity index (χ0) is 14.1. The van der Waals surface area contributed by atoms with E-state index in [1.54, 1.807) is 27.7 Å². The summed E-state index contributed by atoms with van der Waals surface area (Å²) in [5.41, 5.74) is 0.0362. The first-order valence-corrected chi connectivity index (χ1v) is 6.76. The van der Waals surface area contributed by atoms with Gasteiger partial charge in [0.2, 0.25) is 0 Å². The van der Waals surface area contributed by atoms with Crippen LogP contribution in [-0.2, 0) is 14.9 Å². The molecule has 0 spiro atoms. The quantitative estimate of drug-likeness (QED) is 0.659. The van der Waals surface area contributed by atoms with Crippen molar-refractivity contribution in [3.05, 3.63) is 29.3 Å². The van der Waals surface area contributed by atoms with Crippen LogP contribution in [0.4, 0.5) is 0 Å². The molecule has 0 saturated heterocycles. The first-order valence-electron chi connectivity index (χ1n) is 5.32. The summed E-state index contributed by atoms with van der Waals surface area (Å²) in [4.78, 5) is 11.5. The molecule has 0 saturated carbocycles. The fraction of sp³-hybridized carbons (Fsp3) is 0.417. The number of carbonyl (C=O) groups is 1. The highest BCUT2D eigenvalue weighted by Crippen LogP contribution is 2.19. The van der Waals surface area contributed by atoms with Crippen LogP contribution in [0.5, 0.6) is 0 Å². The lowest BCUT2D eigenvalue weighted by Crippen LogP contribution is -2.24. The lowest BCUT2D eigenvalue weighted by atomic mass is 10.1. The Hall–Kier alpha value is -1.40. The van der Waals surface area contributed by atoms with E-state index in [4.69, 9.17) is 9.29 Å². The summed E-state index contributed by atoms with van der Waals surface area (Å²) >= 11 is 0. The molecule has 0 aliphatic rings. The van der Waals surface area contributed by atoms with Gasteiger partial charge in [-0.15, -0.1) is 0 Å². The zero-order valence-corrected chi connectivity index (χ0v) is 11.5. The van der Waals surface area contributed by atoms with E-state index in [1.807, 2.05) is 0 Å². The fourth-order valence-corrected chi connectivity index (χ4v) is 1.82. The van der Waals surface area contributed by atoms with Crippen LogP contribution >= 0.6 is 0 Å². The molecule has 0 fully saturated rings. The molecule has 1 aromatic carbocycles. The third-order valence-electron chi connectivity index (χ3n) is 2.13. The molecule has 0 bridgehead atoms.